The largest absolute Gasteiger partial charge is 0.330 e. The highest BCUT2D eigenvalue weighted by molar-refractivity contribution is 5.29. The molecule has 0 atom stereocenters. The molecule has 2 N–H and O–H groups in total. The topological polar surface area (TPSA) is 26.0 Å². The molecule has 0 aromatic heterocycles. The molecule has 19 heavy (non-hydrogen) atoms. The molecule has 1 aliphatic rings. The third kappa shape index (κ3) is 4.07. The molecular weight excluding hydrogens is 230 g/mol. The highest BCUT2D eigenvalue weighted by Crippen LogP contribution is 2.36. The fourth-order valence-electron chi connectivity index (χ4n) is 3.71. The standard InChI is InChI=1S/C18H29N/c1-15-10-16(2)12-17(11-15)13-18(14-19)8-6-4-3-5-7-9-18/h10-12H,3-9,13-14,19H2,1-2H3. The predicted molar refractivity (Wildman–Crippen MR) is 83.4 cm³/mol. The first kappa shape index (κ1) is 14.6. The van der Waals surface area contributed by atoms with Crippen molar-refractivity contribution in [2.75, 3.05) is 6.54 Å². The van der Waals surface area contributed by atoms with Crippen molar-refractivity contribution in [1.29, 1.82) is 0 Å². The molecule has 0 saturated heterocycles. The van der Waals surface area contributed by atoms with Crippen molar-refractivity contribution in [2.45, 2.75) is 65.2 Å². The molecule has 1 saturated carbocycles. The van der Waals surface area contributed by atoms with E-state index in [2.05, 4.69) is 32.0 Å². The van der Waals surface area contributed by atoms with Gasteiger partial charge in [0.05, 0.1) is 0 Å². The van der Waals surface area contributed by atoms with Gasteiger partial charge in [-0.1, -0.05) is 61.4 Å². The quantitative estimate of drug-likeness (QED) is 0.847. The fourth-order valence-corrected chi connectivity index (χ4v) is 3.71. The van der Waals surface area contributed by atoms with E-state index in [1.54, 1.807) is 0 Å². The number of benzene rings is 1. The Morgan fingerprint density at radius 3 is 1.95 bits per heavy atom. The Morgan fingerprint density at radius 2 is 1.42 bits per heavy atom. The van der Waals surface area contributed by atoms with Crippen molar-refractivity contribution >= 4 is 0 Å². The van der Waals surface area contributed by atoms with Crippen molar-refractivity contribution in [3.63, 3.8) is 0 Å². The van der Waals surface area contributed by atoms with Gasteiger partial charge >= 0.3 is 0 Å². The van der Waals surface area contributed by atoms with Gasteiger partial charge in [0.1, 0.15) is 0 Å². The van der Waals surface area contributed by atoms with Crippen LogP contribution in [0, 0.1) is 19.3 Å². The summed E-state index contributed by atoms with van der Waals surface area (Å²) in [6.07, 6.45) is 10.7. The second-order valence-electron chi connectivity index (χ2n) is 6.64. The van der Waals surface area contributed by atoms with Crippen LogP contribution in [0.4, 0.5) is 0 Å². The fraction of sp³-hybridized carbons (Fsp3) is 0.667. The Labute approximate surface area is 118 Å². The minimum absolute atomic E-state index is 0.362. The van der Waals surface area contributed by atoms with E-state index in [0.717, 1.165) is 6.54 Å². The van der Waals surface area contributed by atoms with Crippen LogP contribution in [-0.4, -0.2) is 6.54 Å². The Balaban J connectivity index is 2.15. The van der Waals surface area contributed by atoms with Gasteiger partial charge in [-0.25, -0.2) is 0 Å². The zero-order valence-electron chi connectivity index (χ0n) is 12.7. The minimum Gasteiger partial charge on any atom is -0.330 e. The Bertz CT molecular complexity index is 380. The van der Waals surface area contributed by atoms with Crippen LogP contribution in [0.25, 0.3) is 0 Å². The molecule has 0 radical (unpaired) electrons. The van der Waals surface area contributed by atoms with E-state index in [4.69, 9.17) is 5.73 Å². The number of rotatable bonds is 3. The van der Waals surface area contributed by atoms with Crippen molar-refractivity contribution in [1.82, 2.24) is 0 Å². The van der Waals surface area contributed by atoms with Gasteiger partial charge in [0, 0.05) is 0 Å². The number of hydrogen-bond acceptors (Lipinski definition) is 1. The normalized spacial score (nSPS) is 19.7. The van der Waals surface area contributed by atoms with E-state index in [9.17, 15) is 0 Å². The SMILES string of the molecule is Cc1cc(C)cc(CC2(CN)CCCCCCC2)c1. The van der Waals surface area contributed by atoms with Gasteiger partial charge < -0.3 is 5.73 Å². The maximum atomic E-state index is 6.18. The average molecular weight is 259 g/mol. The summed E-state index contributed by atoms with van der Waals surface area (Å²) in [5.41, 5.74) is 10.8. The van der Waals surface area contributed by atoms with Gasteiger partial charge in [-0.15, -0.1) is 0 Å². The Kier molecular flexibility index (Phi) is 5.04. The van der Waals surface area contributed by atoms with E-state index >= 15 is 0 Å². The molecule has 0 amide bonds. The second-order valence-corrected chi connectivity index (χ2v) is 6.64. The summed E-state index contributed by atoms with van der Waals surface area (Å²) >= 11 is 0. The van der Waals surface area contributed by atoms with Crippen LogP contribution in [0.3, 0.4) is 0 Å². The highest BCUT2D eigenvalue weighted by atomic mass is 14.6. The van der Waals surface area contributed by atoms with Crippen molar-refractivity contribution in [2.24, 2.45) is 11.1 Å². The molecule has 106 valence electrons. The molecule has 2 rings (SSSR count). The lowest BCUT2D eigenvalue weighted by Gasteiger charge is -2.35. The number of nitrogens with two attached hydrogens (primary N) is 1. The van der Waals surface area contributed by atoms with Gasteiger partial charge in [0.25, 0.3) is 0 Å². The first-order chi connectivity index (χ1) is 9.13. The predicted octanol–water partition coefficient (Wildman–Crippen LogP) is 4.54. The first-order valence-corrected chi connectivity index (χ1v) is 7.91. The van der Waals surface area contributed by atoms with Crippen LogP contribution in [0.5, 0.6) is 0 Å². The van der Waals surface area contributed by atoms with Crippen LogP contribution in [0.2, 0.25) is 0 Å². The summed E-state index contributed by atoms with van der Waals surface area (Å²) < 4.78 is 0. The minimum atomic E-state index is 0.362. The maximum Gasteiger partial charge on any atom is -0.00173 e. The summed E-state index contributed by atoms with van der Waals surface area (Å²) in [4.78, 5) is 0. The highest BCUT2D eigenvalue weighted by Gasteiger charge is 2.29. The Morgan fingerprint density at radius 1 is 0.895 bits per heavy atom. The van der Waals surface area contributed by atoms with E-state index in [1.807, 2.05) is 0 Å². The van der Waals surface area contributed by atoms with Crippen molar-refractivity contribution in [3.05, 3.63) is 34.9 Å². The molecule has 1 nitrogen and oxygen atoms in total. The van der Waals surface area contributed by atoms with Crippen LogP contribution in [0.1, 0.15) is 61.6 Å². The van der Waals surface area contributed by atoms with E-state index < -0.39 is 0 Å². The zero-order chi connectivity index (χ0) is 13.7. The van der Waals surface area contributed by atoms with Gasteiger partial charge in [-0.05, 0) is 50.6 Å². The van der Waals surface area contributed by atoms with Crippen molar-refractivity contribution in [3.8, 4) is 0 Å². The van der Waals surface area contributed by atoms with Crippen LogP contribution in [-0.2, 0) is 6.42 Å². The molecule has 1 heteroatoms. The molecule has 1 aliphatic carbocycles. The molecule has 1 aromatic carbocycles. The average Bonchev–Trinajstić information content (AvgIpc) is 2.31. The summed E-state index contributed by atoms with van der Waals surface area (Å²) in [5, 5.41) is 0. The van der Waals surface area contributed by atoms with Crippen LogP contribution < -0.4 is 5.73 Å². The third-order valence-electron chi connectivity index (χ3n) is 4.71. The molecule has 0 unspecified atom stereocenters. The third-order valence-corrected chi connectivity index (χ3v) is 4.71. The zero-order valence-corrected chi connectivity index (χ0v) is 12.7. The first-order valence-electron chi connectivity index (χ1n) is 7.91. The molecule has 0 spiro atoms. The number of hydrogen-bond donors (Lipinski definition) is 1. The number of aryl methyl sites for hydroxylation is 2. The molecule has 1 fully saturated rings. The van der Waals surface area contributed by atoms with E-state index in [-0.39, 0.29) is 0 Å². The summed E-state index contributed by atoms with van der Waals surface area (Å²) in [7, 11) is 0. The molecule has 0 heterocycles. The van der Waals surface area contributed by atoms with Crippen molar-refractivity contribution < 1.29 is 0 Å². The lowest BCUT2D eigenvalue weighted by atomic mass is 9.72. The molecule has 0 bridgehead atoms. The van der Waals surface area contributed by atoms with Crippen LogP contribution in [0.15, 0.2) is 18.2 Å². The van der Waals surface area contributed by atoms with Gasteiger partial charge in [-0.3, -0.25) is 0 Å². The van der Waals surface area contributed by atoms with E-state index in [0.29, 0.717) is 5.41 Å². The second kappa shape index (κ2) is 6.56. The molecular formula is C18H29N. The van der Waals surface area contributed by atoms with Gasteiger partial charge in [0.2, 0.25) is 0 Å². The Hall–Kier alpha value is -0.820. The summed E-state index contributed by atoms with van der Waals surface area (Å²) in [5.74, 6) is 0. The van der Waals surface area contributed by atoms with E-state index in [1.165, 1.54) is 68.1 Å². The van der Waals surface area contributed by atoms with Gasteiger partial charge in [0.15, 0.2) is 0 Å². The lowest BCUT2D eigenvalue weighted by molar-refractivity contribution is 0.217. The smallest absolute Gasteiger partial charge is 0.00173 e. The maximum absolute atomic E-state index is 6.18. The molecule has 0 aliphatic heterocycles. The van der Waals surface area contributed by atoms with Gasteiger partial charge in [-0.2, -0.15) is 0 Å². The summed E-state index contributed by atoms with van der Waals surface area (Å²) in [6.45, 7) is 5.24. The molecule has 1 aromatic rings. The summed E-state index contributed by atoms with van der Waals surface area (Å²) in [6, 6.07) is 6.96. The lowest BCUT2D eigenvalue weighted by Crippen LogP contribution is -2.33. The van der Waals surface area contributed by atoms with Crippen LogP contribution >= 0.6 is 0 Å². The monoisotopic (exact) mass is 259 g/mol.